The number of amides is 2. The van der Waals surface area contributed by atoms with Gasteiger partial charge in [-0.3, -0.25) is 4.57 Å². The van der Waals surface area contributed by atoms with Crippen molar-refractivity contribution in [2.45, 2.75) is 57.4 Å². The monoisotopic (exact) mass is 599 g/mol. The third kappa shape index (κ3) is 7.94. The molecule has 1 aromatic carbocycles. The van der Waals surface area contributed by atoms with Gasteiger partial charge >= 0.3 is 6.03 Å². The minimum absolute atomic E-state index is 0.00678. The van der Waals surface area contributed by atoms with Crippen LogP contribution in [0.15, 0.2) is 24.3 Å². The maximum Gasteiger partial charge on any atom is 0.317 e. The van der Waals surface area contributed by atoms with Crippen LogP contribution in [0.3, 0.4) is 0 Å². The molecular weight excluding hydrogens is 556 g/mol. The first-order valence-electron chi connectivity index (χ1n) is 15.3. The van der Waals surface area contributed by atoms with Gasteiger partial charge in [-0.05, 0) is 64.3 Å². The lowest BCUT2D eigenvalue weighted by Crippen LogP contribution is -2.46. The SMILES string of the molecule is CN(C)CCN(C)C(=O)NC1CCC(CCCc2nc(N3CCOCC3)nc(-n3c(C(F)F)nc4ccccc43)n2)CC1. The third-order valence-electron chi connectivity index (χ3n) is 8.35. The van der Waals surface area contributed by atoms with Gasteiger partial charge in [0.15, 0.2) is 5.82 Å². The van der Waals surface area contributed by atoms with E-state index in [0.717, 1.165) is 45.1 Å². The molecule has 0 spiro atoms. The molecule has 0 unspecified atom stereocenters. The Morgan fingerprint density at radius 3 is 2.44 bits per heavy atom. The molecule has 0 atom stereocenters. The van der Waals surface area contributed by atoms with Crippen molar-refractivity contribution in [1.82, 2.24) is 39.6 Å². The number of hydrogen-bond acceptors (Lipinski definition) is 8. The van der Waals surface area contributed by atoms with Crippen molar-refractivity contribution in [3.63, 3.8) is 0 Å². The summed E-state index contributed by atoms with van der Waals surface area (Å²) in [5.41, 5.74) is 1.01. The van der Waals surface area contributed by atoms with Crippen molar-refractivity contribution in [1.29, 1.82) is 0 Å². The summed E-state index contributed by atoms with van der Waals surface area (Å²) in [6.45, 7) is 3.89. The summed E-state index contributed by atoms with van der Waals surface area (Å²) >= 11 is 0. The first-order chi connectivity index (χ1) is 20.8. The Bertz CT molecular complexity index is 1350. The third-order valence-corrected chi connectivity index (χ3v) is 8.35. The van der Waals surface area contributed by atoms with Crippen molar-refractivity contribution in [2.24, 2.45) is 5.92 Å². The number of halogens is 2. The molecule has 1 saturated heterocycles. The second-order valence-corrected chi connectivity index (χ2v) is 11.8. The molecule has 5 rings (SSSR count). The highest BCUT2D eigenvalue weighted by Crippen LogP contribution is 2.30. The Hall–Kier alpha value is -3.45. The van der Waals surface area contributed by atoms with E-state index in [4.69, 9.17) is 9.72 Å². The van der Waals surface area contributed by atoms with Crippen LogP contribution in [0.4, 0.5) is 19.5 Å². The first-order valence-corrected chi connectivity index (χ1v) is 15.3. The minimum atomic E-state index is -2.78. The molecule has 43 heavy (non-hydrogen) atoms. The lowest BCUT2D eigenvalue weighted by Gasteiger charge is -2.31. The van der Waals surface area contributed by atoms with E-state index in [1.54, 1.807) is 29.2 Å². The second kappa shape index (κ2) is 14.3. The molecule has 0 radical (unpaired) electrons. The second-order valence-electron chi connectivity index (χ2n) is 11.8. The van der Waals surface area contributed by atoms with E-state index < -0.39 is 6.43 Å². The van der Waals surface area contributed by atoms with Crippen molar-refractivity contribution in [3.05, 3.63) is 35.9 Å². The number of morpholine rings is 1. The summed E-state index contributed by atoms with van der Waals surface area (Å²) in [6, 6.07) is 7.25. The summed E-state index contributed by atoms with van der Waals surface area (Å²) in [6.07, 6.45) is 3.81. The van der Waals surface area contributed by atoms with Gasteiger partial charge in [-0.2, -0.15) is 15.0 Å². The Morgan fingerprint density at radius 1 is 1.00 bits per heavy atom. The number of hydrogen-bond donors (Lipinski definition) is 1. The Balaban J connectivity index is 1.23. The van der Waals surface area contributed by atoms with Crippen LogP contribution in [0, 0.1) is 5.92 Å². The number of alkyl halides is 2. The fourth-order valence-electron chi connectivity index (χ4n) is 5.79. The van der Waals surface area contributed by atoms with Crippen LogP contribution in [-0.4, -0.2) is 107 Å². The highest BCUT2D eigenvalue weighted by Gasteiger charge is 2.26. The number of likely N-dealkylation sites (N-methyl/N-ethyl adjacent to an activating group) is 2. The average molecular weight is 600 g/mol. The van der Waals surface area contributed by atoms with Crippen LogP contribution in [0.2, 0.25) is 0 Å². The van der Waals surface area contributed by atoms with Crippen molar-refractivity contribution >= 4 is 23.0 Å². The van der Waals surface area contributed by atoms with Gasteiger partial charge in [0, 0.05) is 45.7 Å². The van der Waals surface area contributed by atoms with E-state index >= 15 is 0 Å². The summed E-state index contributed by atoms with van der Waals surface area (Å²) in [4.78, 5) is 36.7. The zero-order valence-electron chi connectivity index (χ0n) is 25.4. The lowest BCUT2D eigenvalue weighted by molar-refractivity contribution is 0.122. The zero-order chi connectivity index (χ0) is 30.3. The van der Waals surface area contributed by atoms with E-state index in [9.17, 15) is 13.6 Å². The molecule has 1 saturated carbocycles. The van der Waals surface area contributed by atoms with E-state index in [2.05, 4.69) is 25.2 Å². The molecule has 3 heterocycles. The molecule has 13 heteroatoms. The van der Waals surface area contributed by atoms with E-state index in [1.165, 1.54) is 4.57 Å². The molecular formula is C30H43F2N9O2. The number of carbonyl (C=O) groups is 1. The Morgan fingerprint density at radius 2 is 1.72 bits per heavy atom. The number of rotatable bonds is 11. The lowest BCUT2D eigenvalue weighted by atomic mass is 9.83. The largest absolute Gasteiger partial charge is 0.378 e. The summed E-state index contributed by atoms with van der Waals surface area (Å²) in [5.74, 6) is 1.43. The molecule has 2 amide bonds. The highest BCUT2D eigenvalue weighted by molar-refractivity contribution is 5.77. The van der Waals surface area contributed by atoms with Crippen LogP contribution >= 0.6 is 0 Å². The fraction of sp³-hybridized carbons (Fsp3) is 0.633. The van der Waals surface area contributed by atoms with Crippen LogP contribution in [0.1, 0.15) is 56.6 Å². The quantitative estimate of drug-likeness (QED) is 0.352. The molecule has 1 N–H and O–H groups in total. The predicted octanol–water partition coefficient (Wildman–Crippen LogP) is 4.07. The Kier molecular flexibility index (Phi) is 10.3. The normalized spacial score (nSPS) is 19.4. The summed E-state index contributed by atoms with van der Waals surface area (Å²) in [7, 11) is 5.84. The van der Waals surface area contributed by atoms with E-state index in [0.29, 0.717) is 68.0 Å². The Labute approximate surface area is 251 Å². The molecule has 3 aromatic rings. The average Bonchev–Trinajstić information content (AvgIpc) is 3.41. The molecule has 234 valence electrons. The number of nitrogens with one attached hydrogen (secondary N) is 1. The number of nitrogens with zero attached hydrogens (tertiary/aromatic N) is 8. The predicted molar refractivity (Wildman–Crippen MR) is 161 cm³/mol. The molecule has 2 fully saturated rings. The number of fused-ring (bicyclic) bond motifs is 1. The van der Waals surface area contributed by atoms with Gasteiger partial charge in [0.05, 0.1) is 24.2 Å². The summed E-state index contributed by atoms with van der Waals surface area (Å²) < 4.78 is 35.1. The fourth-order valence-corrected chi connectivity index (χ4v) is 5.79. The first kappa shape index (κ1) is 31.0. The maximum atomic E-state index is 14.1. The van der Waals surface area contributed by atoms with Crippen molar-refractivity contribution < 1.29 is 18.3 Å². The van der Waals surface area contributed by atoms with Crippen molar-refractivity contribution in [2.75, 3.05) is 65.4 Å². The molecule has 1 aliphatic heterocycles. The molecule has 0 bridgehead atoms. The smallest absolute Gasteiger partial charge is 0.317 e. The van der Waals surface area contributed by atoms with Crippen LogP contribution < -0.4 is 10.2 Å². The van der Waals surface area contributed by atoms with Gasteiger partial charge in [0.2, 0.25) is 11.9 Å². The number of carbonyl (C=O) groups excluding carboxylic acids is 1. The number of imidazole rings is 1. The van der Waals surface area contributed by atoms with E-state index in [1.807, 2.05) is 26.0 Å². The zero-order valence-corrected chi connectivity index (χ0v) is 25.4. The highest BCUT2D eigenvalue weighted by atomic mass is 19.3. The van der Waals surface area contributed by atoms with Crippen LogP contribution in [0.5, 0.6) is 0 Å². The molecule has 2 aromatic heterocycles. The maximum absolute atomic E-state index is 14.1. The van der Waals surface area contributed by atoms with Crippen LogP contribution in [0.25, 0.3) is 17.0 Å². The van der Waals surface area contributed by atoms with Gasteiger partial charge in [0.1, 0.15) is 5.82 Å². The topological polar surface area (TPSA) is 105 Å². The number of aromatic nitrogens is 5. The standard InChI is InChI=1S/C30H43F2N9O2/c1-38(2)15-16-39(3)30(42)33-22-13-11-21(12-14-22)7-6-10-25-35-28(40-17-19-43-20-18-40)37-29(36-25)41-24-9-5-4-8-23(24)34-27(41)26(31)32/h4-5,8-9,21-22,26H,6-7,10-20H2,1-3H3,(H,33,42). The number of aryl methyl sites for hydroxylation is 1. The number of anilines is 1. The van der Waals surface area contributed by atoms with Gasteiger partial charge in [-0.1, -0.05) is 18.6 Å². The van der Waals surface area contributed by atoms with Gasteiger partial charge in [0.25, 0.3) is 6.43 Å². The van der Waals surface area contributed by atoms with Crippen molar-refractivity contribution in [3.8, 4) is 5.95 Å². The molecule has 2 aliphatic rings. The number of urea groups is 1. The van der Waals surface area contributed by atoms with E-state index in [-0.39, 0.29) is 23.8 Å². The summed E-state index contributed by atoms with van der Waals surface area (Å²) in [5, 5.41) is 3.19. The van der Waals surface area contributed by atoms with Gasteiger partial charge in [-0.25, -0.2) is 18.6 Å². The van der Waals surface area contributed by atoms with Gasteiger partial charge < -0.3 is 24.8 Å². The van der Waals surface area contributed by atoms with Gasteiger partial charge in [-0.15, -0.1) is 0 Å². The minimum Gasteiger partial charge on any atom is -0.378 e. The number of benzene rings is 1. The van der Waals surface area contributed by atoms with Crippen LogP contribution in [-0.2, 0) is 11.2 Å². The number of ether oxygens (including phenoxy) is 1. The molecule has 1 aliphatic carbocycles. The number of para-hydroxylation sites is 2. The molecule has 11 nitrogen and oxygen atoms in total.